The van der Waals surface area contributed by atoms with Gasteiger partial charge in [0.1, 0.15) is 0 Å². The van der Waals surface area contributed by atoms with Gasteiger partial charge in [-0.25, -0.2) is 9.59 Å². The van der Waals surface area contributed by atoms with Gasteiger partial charge in [0.2, 0.25) is 5.91 Å². The van der Waals surface area contributed by atoms with E-state index in [1.165, 1.54) is 44.5 Å². The van der Waals surface area contributed by atoms with Crippen LogP contribution in [0.25, 0.3) is 22.3 Å². The molecule has 304 valence electrons. The van der Waals surface area contributed by atoms with Crippen molar-refractivity contribution in [1.82, 2.24) is 9.80 Å². The van der Waals surface area contributed by atoms with Gasteiger partial charge in [-0.2, -0.15) is 0 Å². The second-order valence-electron chi connectivity index (χ2n) is 17.8. The molecule has 1 heterocycles. The number of hydrogen-bond acceptors (Lipinski definition) is 5. The van der Waals surface area contributed by atoms with Crippen LogP contribution in [0.3, 0.4) is 0 Å². The van der Waals surface area contributed by atoms with Crippen LogP contribution in [-0.2, 0) is 14.3 Å². The molecule has 0 bridgehead atoms. The number of ether oxygens (including phenoxy) is 2. The highest BCUT2D eigenvalue weighted by Gasteiger charge is 2.39. The smallest absolute Gasteiger partial charge is 0.410 e. The van der Waals surface area contributed by atoms with Crippen LogP contribution in [0.2, 0.25) is 0 Å². The molecule has 1 atom stereocenters. The van der Waals surface area contributed by atoms with Gasteiger partial charge in [-0.1, -0.05) is 137 Å². The summed E-state index contributed by atoms with van der Waals surface area (Å²) in [5, 5.41) is 2.97. The molecule has 8 rings (SSSR count). The molecule has 0 saturated carbocycles. The molecule has 0 radical (unpaired) electrons. The van der Waals surface area contributed by atoms with Crippen LogP contribution in [0.1, 0.15) is 81.0 Å². The monoisotopic (exact) mass is 853 g/mol. The van der Waals surface area contributed by atoms with Gasteiger partial charge in [-0.05, 0) is 96.2 Å². The fraction of sp³-hybridized carbons (Fsp3) is 0.340. The Kier molecular flexibility index (Phi) is 11.4. The number of benzene rings is 5. The third-order valence-corrected chi connectivity index (χ3v) is 12.8. The quantitative estimate of drug-likeness (QED) is 0.143. The van der Waals surface area contributed by atoms with E-state index in [2.05, 4.69) is 146 Å². The van der Waals surface area contributed by atoms with Crippen LogP contribution < -0.4 is 5.32 Å². The molecule has 3 amide bonds. The molecule has 1 unspecified atom stereocenters. The Hall–Kier alpha value is -5.41. The molecule has 1 aliphatic heterocycles. The van der Waals surface area contributed by atoms with Gasteiger partial charge in [0, 0.05) is 42.4 Å². The molecule has 59 heavy (non-hydrogen) atoms. The van der Waals surface area contributed by atoms with Crippen molar-refractivity contribution in [2.75, 3.05) is 38.2 Å². The first-order chi connectivity index (χ1) is 28.4. The van der Waals surface area contributed by atoms with Crippen molar-refractivity contribution >= 4 is 39.7 Å². The lowest BCUT2D eigenvalue weighted by Crippen LogP contribution is -2.57. The van der Waals surface area contributed by atoms with Crippen LogP contribution in [0.5, 0.6) is 0 Å². The molecule has 0 aromatic heterocycles. The van der Waals surface area contributed by atoms with E-state index in [1.54, 1.807) is 9.80 Å². The number of fused-ring (bicyclic) bond motifs is 6. The summed E-state index contributed by atoms with van der Waals surface area (Å²) in [5.41, 5.74) is 10.2. The Labute approximate surface area is 356 Å². The normalized spacial score (nSPS) is 16.2. The molecule has 2 aliphatic carbocycles. The number of hydrogen-bond donors (Lipinski definition) is 1. The van der Waals surface area contributed by atoms with Crippen LogP contribution in [0.15, 0.2) is 126 Å². The van der Waals surface area contributed by atoms with Gasteiger partial charge < -0.3 is 24.6 Å². The maximum absolute atomic E-state index is 14.0. The van der Waals surface area contributed by atoms with Crippen LogP contribution in [0.4, 0.5) is 15.3 Å². The van der Waals surface area contributed by atoms with Gasteiger partial charge in [0.25, 0.3) is 0 Å². The second kappa shape index (κ2) is 16.7. The SMILES string of the molecule is CC(C)(COC(=O)N1CCN(C(=O)OCC(C)(C)CC2c3ccccc3-c3ccccc32)C(CC(=O)Nc2ccccc2Br)C1)CC1c2ccccc2-c2ccccc21. The van der Waals surface area contributed by atoms with E-state index in [1.807, 2.05) is 24.3 Å². The van der Waals surface area contributed by atoms with E-state index >= 15 is 0 Å². The van der Waals surface area contributed by atoms with Crippen molar-refractivity contribution in [1.29, 1.82) is 0 Å². The largest absolute Gasteiger partial charge is 0.449 e. The molecule has 1 fully saturated rings. The predicted molar refractivity (Wildman–Crippen MR) is 236 cm³/mol. The molecule has 5 aromatic rings. The van der Waals surface area contributed by atoms with Crippen LogP contribution in [0, 0.1) is 10.8 Å². The summed E-state index contributed by atoms with van der Waals surface area (Å²) in [6.45, 7) is 9.58. The van der Waals surface area contributed by atoms with Crippen molar-refractivity contribution in [3.05, 3.63) is 148 Å². The first-order valence-electron chi connectivity index (χ1n) is 20.6. The molecule has 1 saturated heterocycles. The van der Waals surface area contributed by atoms with Crippen LogP contribution >= 0.6 is 15.9 Å². The zero-order chi connectivity index (χ0) is 41.3. The number of carbonyl (C=O) groups is 3. The van der Waals surface area contributed by atoms with Gasteiger partial charge in [0.15, 0.2) is 0 Å². The number of nitrogens with one attached hydrogen (secondary N) is 1. The van der Waals surface area contributed by atoms with Crippen molar-refractivity contribution in [2.45, 2.75) is 64.8 Å². The zero-order valence-corrected chi connectivity index (χ0v) is 35.8. The number of piperazine rings is 1. The molecule has 8 nitrogen and oxygen atoms in total. The fourth-order valence-electron chi connectivity index (χ4n) is 9.28. The molecule has 1 N–H and O–H groups in total. The van der Waals surface area contributed by atoms with Gasteiger partial charge >= 0.3 is 12.2 Å². The lowest BCUT2D eigenvalue weighted by molar-refractivity contribution is -0.117. The summed E-state index contributed by atoms with van der Waals surface area (Å²) in [5.74, 6) is 0.120. The highest BCUT2D eigenvalue weighted by atomic mass is 79.9. The fourth-order valence-corrected chi connectivity index (χ4v) is 9.67. The van der Waals surface area contributed by atoms with E-state index in [-0.39, 0.29) is 67.8 Å². The van der Waals surface area contributed by atoms with Crippen molar-refractivity contribution < 1.29 is 23.9 Å². The number of anilines is 1. The summed E-state index contributed by atoms with van der Waals surface area (Å²) in [4.78, 5) is 44.5. The van der Waals surface area contributed by atoms with E-state index in [0.717, 1.165) is 17.3 Å². The van der Waals surface area contributed by atoms with E-state index in [0.29, 0.717) is 5.69 Å². The minimum atomic E-state index is -0.623. The summed E-state index contributed by atoms with van der Waals surface area (Å²) >= 11 is 3.51. The van der Waals surface area contributed by atoms with E-state index < -0.39 is 18.2 Å². The van der Waals surface area contributed by atoms with E-state index in [9.17, 15) is 14.4 Å². The number of rotatable bonds is 11. The minimum Gasteiger partial charge on any atom is -0.449 e. The number of para-hydroxylation sites is 1. The van der Waals surface area contributed by atoms with Crippen molar-refractivity contribution in [3.63, 3.8) is 0 Å². The molecule has 9 heteroatoms. The van der Waals surface area contributed by atoms with Gasteiger partial charge in [-0.3, -0.25) is 4.79 Å². The first-order valence-corrected chi connectivity index (χ1v) is 21.4. The third kappa shape index (κ3) is 8.67. The molecule has 3 aliphatic rings. The predicted octanol–water partition coefficient (Wildman–Crippen LogP) is 11.5. The first kappa shape index (κ1) is 40.4. The Morgan fingerprint density at radius 3 is 1.51 bits per heavy atom. The highest BCUT2D eigenvalue weighted by molar-refractivity contribution is 9.10. The van der Waals surface area contributed by atoms with Crippen molar-refractivity contribution in [3.8, 4) is 22.3 Å². The minimum absolute atomic E-state index is 0.0226. The maximum atomic E-state index is 14.0. The zero-order valence-electron chi connectivity index (χ0n) is 34.2. The van der Waals surface area contributed by atoms with Crippen molar-refractivity contribution in [2.24, 2.45) is 10.8 Å². The van der Waals surface area contributed by atoms with Gasteiger partial charge in [0.05, 0.1) is 24.9 Å². The maximum Gasteiger partial charge on any atom is 0.410 e. The lowest BCUT2D eigenvalue weighted by atomic mass is 9.79. The molecular weight excluding hydrogens is 802 g/mol. The lowest BCUT2D eigenvalue weighted by Gasteiger charge is -2.41. The van der Waals surface area contributed by atoms with Gasteiger partial charge in [-0.15, -0.1) is 0 Å². The Balaban J connectivity index is 0.925. The summed E-state index contributed by atoms with van der Waals surface area (Å²) < 4.78 is 12.9. The number of halogens is 1. The number of nitrogens with zero attached hydrogens (tertiary/aromatic N) is 2. The van der Waals surface area contributed by atoms with E-state index in [4.69, 9.17) is 9.47 Å². The van der Waals surface area contributed by atoms with Crippen LogP contribution in [-0.4, -0.2) is 66.8 Å². The average molecular weight is 855 g/mol. The second-order valence-corrected chi connectivity index (χ2v) is 18.7. The summed E-state index contributed by atoms with van der Waals surface area (Å²) in [7, 11) is 0. The summed E-state index contributed by atoms with van der Waals surface area (Å²) in [6, 6.07) is 41.0. The number of carbonyl (C=O) groups excluding carboxylic acids is 3. The summed E-state index contributed by atoms with van der Waals surface area (Å²) in [6.07, 6.45) is 0.637. The molecule has 5 aromatic carbocycles. The average Bonchev–Trinajstić information content (AvgIpc) is 3.71. The Bertz CT molecular complexity index is 2280. The third-order valence-electron chi connectivity index (χ3n) is 12.2. The highest BCUT2D eigenvalue weighted by Crippen LogP contribution is 2.50. The standard InChI is InChI=1S/C50H52BrN3O5/c1-49(2,28-42-38-19-9-5-15-34(38)35-16-6-10-20-39(35)42)31-58-47(56)53-25-26-54(33(30-53)27-46(55)52-45-24-14-13-23-44(45)51)48(57)59-32-50(3,4)29-43-40-21-11-7-17-36(40)37-18-8-12-22-41(37)43/h5-24,33,42-43H,25-32H2,1-4H3,(H,52,55). The Morgan fingerprint density at radius 1 is 0.610 bits per heavy atom. The topological polar surface area (TPSA) is 88.2 Å². The molecular formula is C50H52BrN3O5. The number of amides is 3. The Morgan fingerprint density at radius 2 is 1.03 bits per heavy atom. The molecule has 0 spiro atoms.